The molecule has 2 aromatic heterocycles. The van der Waals surface area contributed by atoms with Crippen LogP contribution in [0.15, 0.2) is 18.6 Å². The second kappa shape index (κ2) is 2.55. The van der Waals surface area contributed by atoms with Crippen LogP contribution in [-0.2, 0) is 0 Å². The first-order valence-corrected chi connectivity index (χ1v) is 3.78. The zero-order chi connectivity index (χ0) is 9.42. The summed E-state index contributed by atoms with van der Waals surface area (Å²) in [6.07, 6.45) is 4.61. The first-order chi connectivity index (χ1) is 6.18. The van der Waals surface area contributed by atoms with E-state index in [0.29, 0.717) is 16.9 Å². The maximum atomic E-state index is 11.1. The fourth-order valence-electron chi connectivity index (χ4n) is 1.14. The molecule has 13 heavy (non-hydrogen) atoms. The van der Waals surface area contributed by atoms with Crippen molar-refractivity contribution in [1.82, 2.24) is 14.6 Å². The van der Waals surface area contributed by atoms with E-state index in [-0.39, 0.29) is 5.78 Å². The Kier molecular flexibility index (Phi) is 1.51. The maximum absolute atomic E-state index is 11.1. The summed E-state index contributed by atoms with van der Waals surface area (Å²) < 4.78 is 1.49. The van der Waals surface area contributed by atoms with Crippen LogP contribution in [0.2, 0.25) is 0 Å². The van der Waals surface area contributed by atoms with Crippen LogP contribution in [0.3, 0.4) is 0 Å². The molecule has 66 valence electrons. The number of ketones is 1. The Morgan fingerprint density at radius 1 is 1.54 bits per heavy atom. The smallest absolute Gasteiger partial charge is 0.165 e. The minimum atomic E-state index is -0.0488. The van der Waals surface area contributed by atoms with E-state index in [9.17, 15) is 4.79 Å². The van der Waals surface area contributed by atoms with Gasteiger partial charge in [-0.2, -0.15) is 5.10 Å². The van der Waals surface area contributed by atoms with E-state index in [1.165, 1.54) is 23.8 Å². The van der Waals surface area contributed by atoms with Crippen molar-refractivity contribution in [2.45, 2.75) is 6.92 Å². The van der Waals surface area contributed by atoms with Gasteiger partial charge in [0.05, 0.1) is 29.8 Å². The molecule has 0 bridgehead atoms. The normalized spacial score (nSPS) is 10.5. The molecule has 2 N–H and O–H groups in total. The molecule has 5 nitrogen and oxygen atoms in total. The van der Waals surface area contributed by atoms with Crippen molar-refractivity contribution in [2.24, 2.45) is 0 Å². The van der Waals surface area contributed by atoms with Gasteiger partial charge in [0.2, 0.25) is 0 Å². The van der Waals surface area contributed by atoms with Gasteiger partial charge < -0.3 is 5.73 Å². The molecule has 0 amide bonds. The summed E-state index contributed by atoms with van der Waals surface area (Å²) >= 11 is 0. The minimum Gasteiger partial charge on any atom is -0.396 e. The summed E-state index contributed by atoms with van der Waals surface area (Å²) in [6.45, 7) is 1.48. The zero-order valence-electron chi connectivity index (χ0n) is 7.06. The fourth-order valence-corrected chi connectivity index (χ4v) is 1.14. The number of nitrogen functional groups attached to an aromatic ring is 1. The van der Waals surface area contributed by atoms with Crippen molar-refractivity contribution < 1.29 is 4.79 Å². The van der Waals surface area contributed by atoms with Gasteiger partial charge in [0.1, 0.15) is 0 Å². The van der Waals surface area contributed by atoms with Crippen molar-refractivity contribution in [3.63, 3.8) is 0 Å². The quantitative estimate of drug-likeness (QED) is 0.642. The minimum absolute atomic E-state index is 0.0488. The van der Waals surface area contributed by atoms with Gasteiger partial charge in [-0.15, -0.1) is 0 Å². The van der Waals surface area contributed by atoms with Crippen molar-refractivity contribution in [1.29, 1.82) is 0 Å². The van der Waals surface area contributed by atoms with E-state index in [1.807, 2.05) is 0 Å². The highest BCUT2D eigenvalue weighted by molar-refractivity contribution is 5.99. The van der Waals surface area contributed by atoms with Gasteiger partial charge in [0.25, 0.3) is 0 Å². The van der Waals surface area contributed by atoms with Crippen molar-refractivity contribution in [3.8, 4) is 0 Å². The first kappa shape index (κ1) is 7.72. The molecule has 0 atom stereocenters. The zero-order valence-corrected chi connectivity index (χ0v) is 7.06. The number of hydrogen-bond donors (Lipinski definition) is 1. The third-order valence-corrected chi connectivity index (χ3v) is 1.76. The van der Waals surface area contributed by atoms with Gasteiger partial charge in [-0.1, -0.05) is 0 Å². The van der Waals surface area contributed by atoms with E-state index in [1.54, 1.807) is 6.20 Å². The molecule has 2 heterocycles. The lowest BCUT2D eigenvalue weighted by Gasteiger charge is -1.94. The number of hydrogen-bond acceptors (Lipinski definition) is 4. The van der Waals surface area contributed by atoms with Gasteiger partial charge >= 0.3 is 0 Å². The monoisotopic (exact) mass is 176 g/mol. The third-order valence-electron chi connectivity index (χ3n) is 1.76. The summed E-state index contributed by atoms with van der Waals surface area (Å²) in [5, 5.41) is 3.95. The predicted octanol–water partition coefficient (Wildman–Crippen LogP) is 0.514. The molecule has 2 rings (SSSR count). The van der Waals surface area contributed by atoms with Crippen LogP contribution in [0.1, 0.15) is 17.3 Å². The summed E-state index contributed by atoms with van der Waals surface area (Å²) in [5.41, 5.74) is 7.08. The number of Topliss-reactive ketones (excluding diaryl/α,β-unsaturated/α-hetero) is 1. The van der Waals surface area contributed by atoms with E-state index in [4.69, 9.17) is 5.73 Å². The molecule has 0 unspecified atom stereocenters. The number of aromatic nitrogens is 3. The van der Waals surface area contributed by atoms with Gasteiger partial charge in [-0.25, -0.2) is 9.50 Å². The lowest BCUT2D eigenvalue weighted by molar-refractivity contribution is 0.101. The van der Waals surface area contributed by atoms with Gasteiger partial charge in [0, 0.05) is 0 Å². The van der Waals surface area contributed by atoms with E-state index in [0.717, 1.165) is 0 Å². The molecular weight excluding hydrogens is 168 g/mol. The topological polar surface area (TPSA) is 73.3 Å². The van der Waals surface area contributed by atoms with Crippen molar-refractivity contribution in [3.05, 3.63) is 24.2 Å². The van der Waals surface area contributed by atoms with E-state index < -0.39 is 0 Å². The largest absolute Gasteiger partial charge is 0.396 e. The third kappa shape index (κ3) is 1.14. The van der Waals surface area contributed by atoms with Crippen LogP contribution in [0.4, 0.5) is 5.69 Å². The molecule has 0 aliphatic heterocycles. The van der Waals surface area contributed by atoms with Crippen molar-refractivity contribution in [2.75, 3.05) is 5.73 Å². The number of carbonyl (C=O) groups excluding carboxylic acids is 1. The summed E-state index contributed by atoms with van der Waals surface area (Å²) in [6, 6.07) is 0. The lowest BCUT2D eigenvalue weighted by atomic mass is 10.2. The molecule has 0 spiro atoms. The Bertz CT molecular complexity index is 474. The average molecular weight is 176 g/mol. The molecule has 0 saturated carbocycles. The Morgan fingerprint density at radius 2 is 2.31 bits per heavy atom. The molecule has 0 fully saturated rings. The fraction of sp³-hybridized carbons (Fsp3) is 0.125. The maximum Gasteiger partial charge on any atom is 0.165 e. The highest BCUT2D eigenvalue weighted by Gasteiger charge is 2.08. The molecule has 5 heteroatoms. The van der Waals surface area contributed by atoms with Crippen LogP contribution in [0.25, 0.3) is 5.65 Å². The number of fused-ring (bicyclic) bond motifs is 1. The molecule has 0 aliphatic carbocycles. The van der Waals surface area contributed by atoms with Gasteiger partial charge in [-0.3, -0.25) is 4.79 Å². The Balaban J connectivity index is 2.76. The van der Waals surface area contributed by atoms with Crippen molar-refractivity contribution >= 4 is 17.1 Å². The van der Waals surface area contributed by atoms with E-state index in [2.05, 4.69) is 10.1 Å². The number of nitrogens with zero attached hydrogens (tertiary/aromatic N) is 3. The number of rotatable bonds is 1. The second-order valence-electron chi connectivity index (χ2n) is 2.77. The van der Waals surface area contributed by atoms with Crippen LogP contribution in [0, 0.1) is 0 Å². The second-order valence-corrected chi connectivity index (χ2v) is 2.77. The highest BCUT2D eigenvalue weighted by atomic mass is 16.1. The Hall–Kier alpha value is -1.91. The average Bonchev–Trinajstić information content (AvgIpc) is 2.46. The lowest BCUT2D eigenvalue weighted by Crippen LogP contribution is -1.97. The predicted molar refractivity (Wildman–Crippen MR) is 47.4 cm³/mol. The van der Waals surface area contributed by atoms with Gasteiger partial charge in [-0.05, 0) is 6.92 Å². The molecule has 2 aromatic rings. The standard InChI is InChI=1S/C8H8N4O/c1-5(13)7-3-11-12-4-6(9)2-10-8(7)12/h2-4H,9H2,1H3. The molecule has 0 aliphatic rings. The highest BCUT2D eigenvalue weighted by Crippen LogP contribution is 2.09. The van der Waals surface area contributed by atoms with Gasteiger partial charge in [0.15, 0.2) is 11.4 Å². The Morgan fingerprint density at radius 3 is 3.00 bits per heavy atom. The van der Waals surface area contributed by atoms with Crippen LogP contribution in [0.5, 0.6) is 0 Å². The molecule has 0 saturated heterocycles. The summed E-state index contributed by atoms with van der Waals surface area (Å²) in [7, 11) is 0. The van der Waals surface area contributed by atoms with Crippen LogP contribution >= 0.6 is 0 Å². The summed E-state index contributed by atoms with van der Waals surface area (Å²) in [5.74, 6) is -0.0488. The Labute approximate surface area is 74.2 Å². The number of carbonyl (C=O) groups is 1. The SMILES string of the molecule is CC(=O)c1cnn2cc(N)cnc12. The first-order valence-electron chi connectivity index (χ1n) is 3.78. The van der Waals surface area contributed by atoms with Crippen LogP contribution in [-0.4, -0.2) is 20.4 Å². The number of nitrogens with two attached hydrogens (primary N) is 1. The molecular formula is C8H8N4O. The van der Waals surface area contributed by atoms with Crippen LogP contribution < -0.4 is 5.73 Å². The van der Waals surface area contributed by atoms with E-state index >= 15 is 0 Å². The summed E-state index contributed by atoms with van der Waals surface area (Å²) in [4.78, 5) is 15.1. The molecule has 0 aromatic carbocycles. The molecule has 0 radical (unpaired) electrons. The number of anilines is 1.